The third-order valence-electron chi connectivity index (χ3n) is 3.74. The Labute approximate surface area is 125 Å². The molecule has 3 rings (SSSR count). The molecule has 0 saturated carbocycles. The summed E-state index contributed by atoms with van der Waals surface area (Å²) in [6.45, 7) is 2.10. The summed E-state index contributed by atoms with van der Waals surface area (Å²) in [5.74, 6) is 1.14. The summed E-state index contributed by atoms with van der Waals surface area (Å²) in [5.41, 5.74) is -0.0665. The fourth-order valence-corrected chi connectivity index (χ4v) is 3.42. The van der Waals surface area contributed by atoms with Crippen molar-refractivity contribution >= 4 is 23.6 Å². The molecular formula is C12H17N5O3S. The number of nitrogens with zero attached hydrogens (tertiary/aromatic N) is 4. The van der Waals surface area contributed by atoms with Gasteiger partial charge in [-0.1, -0.05) is 5.21 Å². The molecule has 2 aliphatic rings. The van der Waals surface area contributed by atoms with Crippen molar-refractivity contribution in [3.05, 3.63) is 11.9 Å². The number of hydrogen-bond donors (Lipinski definition) is 2. The zero-order valence-corrected chi connectivity index (χ0v) is 12.3. The maximum absolute atomic E-state index is 12.1. The molecule has 8 nitrogen and oxygen atoms in total. The number of hydrogen-bond acceptors (Lipinski definition) is 6. The molecular weight excluding hydrogens is 294 g/mol. The second-order valence-corrected chi connectivity index (χ2v) is 6.42. The standard InChI is InChI=1S/C12H17N5O3S/c18-11(3-8-7-21-2-1-13-8)16-4-9(5-16)17-6-10(12(19)20)14-15-17/h6,8-9,13H,1-5,7H2,(H,19,20). The number of nitrogens with one attached hydrogen (secondary N) is 1. The third kappa shape index (κ3) is 3.18. The van der Waals surface area contributed by atoms with Crippen LogP contribution < -0.4 is 5.32 Å². The second-order valence-electron chi connectivity index (χ2n) is 5.27. The van der Waals surface area contributed by atoms with Gasteiger partial charge in [0.25, 0.3) is 0 Å². The van der Waals surface area contributed by atoms with E-state index in [4.69, 9.17) is 5.11 Å². The van der Waals surface area contributed by atoms with E-state index in [0.717, 1.165) is 18.1 Å². The Hall–Kier alpha value is -1.61. The first-order chi connectivity index (χ1) is 10.1. The molecule has 0 radical (unpaired) electrons. The lowest BCUT2D eigenvalue weighted by Gasteiger charge is -2.39. The van der Waals surface area contributed by atoms with Crippen molar-refractivity contribution in [1.29, 1.82) is 0 Å². The van der Waals surface area contributed by atoms with Crippen LogP contribution in [0, 0.1) is 0 Å². The average molecular weight is 311 g/mol. The summed E-state index contributed by atoms with van der Waals surface area (Å²) in [6, 6.07) is 0.295. The van der Waals surface area contributed by atoms with E-state index in [0.29, 0.717) is 19.5 Å². The molecule has 1 atom stereocenters. The Bertz CT molecular complexity index is 537. The van der Waals surface area contributed by atoms with Crippen LogP contribution in [0.4, 0.5) is 0 Å². The van der Waals surface area contributed by atoms with E-state index in [-0.39, 0.29) is 23.7 Å². The minimum atomic E-state index is -1.09. The summed E-state index contributed by atoms with van der Waals surface area (Å²) in [4.78, 5) is 24.7. The quantitative estimate of drug-likeness (QED) is 0.770. The van der Waals surface area contributed by atoms with E-state index in [2.05, 4.69) is 15.6 Å². The minimum absolute atomic E-state index is 0.0308. The largest absolute Gasteiger partial charge is 0.476 e. The van der Waals surface area contributed by atoms with Gasteiger partial charge in [-0.15, -0.1) is 5.10 Å². The number of aromatic nitrogens is 3. The van der Waals surface area contributed by atoms with Crippen molar-refractivity contribution in [2.75, 3.05) is 31.1 Å². The molecule has 2 N–H and O–H groups in total. The van der Waals surface area contributed by atoms with E-state index < -0.39 is 5.97 Å². The van der Waals surface area contributed by atoms with E-state index in [1.165, 1.54) is 10.9 Å². The summed E-state index contributed by atoms with van der Waals surface area (Å²) in [7, 11) is 0. The van der Waals surface area contributed by atoms with Gasteiger partial charge >= 0.3 is 5.97 Å². The highest BCUT2D eigenvalue weighted by Gasteiger charge is 2.34. The molecule has 2 aliphatic heterocycles. The lowest BCUT2D eigenvalue weighted by Crippen LogP contribution is -2.52. The number of thioether (sulfide) groups is 1. The van der Waals surface area contributed by atoms with Crippen molar-refractivity contribution in [1.82, 2.24) is 25.2 Å². The van der Waals surface area contributed by atoms with Crippen molar-refractivity contribution in [2.45, 2.75) is 18.5 Å². The lowest BCUT2D eigenvalue weighted by molar-refractivity contribution is -0.137. The summed E-state index contributed by atoms with van der Waals surface area (Å²) >= 11 is 1.87. The van der Waals surface area contributed by atoms with Gasteiger partial charge in [0.1, 0.15) is 0 Å². The van der Waals surface area contributed by atoms with Gasteiger partial charge in [0.2, 0.25) is 5.91 Å². The summed E-state index contributed by atoms with van der Waals surface area (Å²) in [5, 5.41) is 19.5. The molecule has 1 aromatic rings. The topological polar surface area (TPSA) is 100 Å². The summed E-state index contributed by atoms with van der Waals surface area (Å²) in [6.07, 6.45) is 1.94. The predicted octanol–water partition coefficient (Wildman–Crippen LogP) is -0.545. The van der Waals surface area contributed by atoms with Gasteiger partial charge < -0.3 is 15.3 Å². The molecule has 0 bridgehead atoms. The molecule has 2 fully saturated rings. The Morgan fingerprint density at radius 2 is 2.29 bits per heavy atom. The molecule has 2 saturated heterocycles. The van der Waals surface area contributed by atoms with Crippen LogP contribution in [0.5, 0.6) is 0 Å². The molecule has 1 aromatic heterocycles. The van der Waals surface area contributed by atoms with Crippen molar-refractivity contribution in [3.8, 4) is 0 Å². The van der Waals surface area contributed by atoms with E-state index in [1.807, 2.05) is 11.8 Å². The molecule has 0 aliphatic carbocycles. The van der Waals surface area contributed by atoms with Crippen LogP contribution in [0.3, 0.4) is 0 Å². The Morgan fingerprint density at radius 3 is 2.90 bits per heavy atom. The first-order valence-corrected chi connectivity index (χ1v) is 8.03. The Balaban J connectivity index is 1.48. The average Bonchev–Trinajstić information content (AvgIpc) is 2.88. The monoisotopic (exact) mass is 311 g/mol. The smallest absolute Gasteiger partial charge is 0.358 e. The van der Waals surface area contributed by atoms with Gasteiger partial charge in [0.15, 0.2) is 5.69 Å². The fourth-order valence-electron chi connectivity index (χ4n) is 2.47. The Morgan fingerprint density at radius 1 is 1.48 bits per heavy atom. The normalized spacial score (nSPS) is 22.9. The first kappa shape index (κ1) is 14.3. The first-order valence-electron chi connectivity index (χ1n) is 6.87. The van der Waals surface area contributed by atoms with Gasteiger partial charge in [-0.25, -0.2) is 9.48 Å². The molecule has 1 amide bonds. The molecule has 0 aromatic carbocycles. The zero-order chi connectivity index (χ0) is 14.8. The maximum Gasteiger partial charge on any atom is 0.358 e. The van der Waals surface area contributed by atoms with Crippen molar-refractivity contribution in [3.63, 3.8) is 0 Å². The van der Waals surface area contributed by atoms with Crippen LogP contribution in [-0.4, -0.2) is 74.1 Å². The molecule has 0 spiro atoms. The SMILES string of the molecule is O=C(O)c1cn(C2CN(C(=O)CC3CSCCN3)C2)nn1. The van der Waals surface area contributed by atoms with Gasteiger partial charge in [0.05, 0.1) is 12.2 Å². The van der Waals surface area contributed by atoms with Crippen molar-refractivity contribution < 1.29 is 14.7 Å². The highest BCUT2D eigenvalue weighted by Crippen LogP contribution is 2.22. The fraction of sp³-hybridized carbons (Fsp3) is 0.667. The number of carbonyl (C=O) groups is 2. The number of rotatable bonds is 4. The maximum atomic E-state index is 12.1. The van der Waals surface area contributed by atoms with Gasteiger partial charge in [0, 0.05) is 43.6 Å². The van der Waals surface area contributed by atoms with Crippen molar-refractivity contribution in [2.24, 2.45) is 0 Å². The number of aromatic carboxylic acids is 1. The van der Waals surface area contributed by atoms with Crippen LogP contribution in [0.15, 0.2) is 6.20 Å². The van der Waals surface area contributed by atoms with E-state index >= 15 is 0 Å². The number of carboxylic acids is 1. The molecule has 21 heavy (non-hydrogen) atoms. The molecule has 114 valence electrons. The predicted molar refractivity (Wildman–Crippen MR) is 76.3 cm³/mol. The molecule has 3 heterocycles. The van der Waals surface area contributed by atoms with Crippen LogP contribution in [0.2, 0.25) is 0 Å². The lowest BCUT2D eigenvalue weighted by atomic mass is 10.1. The van der Waals surface area contributed by atoms with E-state index in [9.17, 15) is 9.59 Å². The van der Waals surface area contributed by atoms with Gasteiger partial charge in [-0.05, 0) is 0 Å². The van der Waals surface area contributed by atoms with Gasteiger partial charge in [-0.2, -0.15) is 11.8 Å². The Kier molecular flexibility index (Phi) is 4.11. The number of amides is 1. The van der Waals surface area contributed by atoms with Crippen LogP contribution >= 0.6 is 11.8 Å². The second kappa shape index (κ2) is 6.02. The van der Waals surface area contributed by atoms with Gasteiger partial charge in [-0.3, -0.25) is 4.79 Å². The highest BCUT2D eigenvalue weighted by atomic mass is 32.2. The zero-order valence-electron chi connectivity index (χ0n) is 11.4. The highest BCUT2D eigenvalue weighted by molar-refractivity contribution is 7.99. The van der Waals surface area contributed by atoms with Crippen LogP contribution in [0.25, 0.3) is 0 Å². The third-order valence-corrected chi connectivity index (χ3v) is 4.87. The number of likely N-dealkylation sites (tertiary alicyclic amines) is 1. The van der Waals surface area contributed by atoms with Crippen LogP contribution in [-0.2, 0) is 4.79 Å². The number of carboxylic acid groups (broad SMARTS) is 1. The number of carbonyl (C=O) groups excluding carboxylic acids is 1. The molecule has 9 heteroatoms. The molecule has 1 unspecified atom stereocenters. The van der Waals surface area contributed by atoms with E-state index in [1.54, 1.807) is 4.90 Å². The minimum Gasteiger partial charge on any atom is -0.476 e. The van der Waals surface area contributed by atoms with Crippen LogP contribution in [0.1, 0.15) is 23.0 Å². The summed E-state index contributed by atoms with van der Waals surface area (Å²) < 4.78 is 1.53.